The Labute approximate surface area is 155 Å². The van der Waals surface area contributed by atoms with Crippen LogP contribution in [0.1, 0.15) is 12.2 Å². The molecule has 0 radical (unpaired) electrons. The third kappa shape index (κ3) is 3.45. The topological polar surface area (TPSA) is 93.9 Å². The molecule has 1 saturated heterocycles. The molecule has 0 bridgehead atoms. The molecule has 0 spiro atoms. The quantitative estimate of drug-likeness (QED) is 0.858. The van der Waals surface area contributed by atoms with Crippen LogP contribution < -0.4 is 19.7 Å². The van der Waals surface area contributed by atoms with Gasteiger partial charge in [0.2, 0.25) is 11.8 Å². The van der Waals surface area contributed by atoms with Crippen LogP contribution in [0.25, 0.3) is 0 Å². The zero-order valence-corrected chi connectivity index (χ0v) is 15.3. The van der Waals surface area contributed by atoms with Gasteiger partial charge in [0.15, 0.2) is 5.82 Å². The zero-order chi connectivity index (χ0) is 18.8. The predicted octanol–water partition coefficient (Wildman–Crippen LogP) is 2.65. The number of nitrogens with one attached hydrogen (secondary N) is 1. The van der Waals surface area contributed by atoms with Crippen LogP contribution in [0.2, 0.25) is 5.02 Å². The Balaban J connectivity index is 1.80. The summed E-state index contributed by atoms with van der Waals surface area (Å²) in [5, 5.41) is 6.76. The Morgan fingerprint density at radius 1 is 1.31 bits per heavy atom. The van der Waals surface area contributed by atoms with Gasteiger partial charge < -0.3 is 24.2 Å². The molecule has 138 valence electrons. The van der Waals surface area contributed by atoms with Gasteiger partial charge in [-0.05, 0) is 6.92 Å². The number of carbonyl (C=O) groups is 2. The largest absolute Gasteiger partial charge is 0.495 e. The summed E-state index contributed by atoms with van der Waals surface area (Å²) in [6, 6.07) is 4.81. The maximum absolute atomic E-state index is 12.5. The Morgan fingerprint density at radius 3 is 2.65 bits per heavy atom. The molecule has 9 heteroatoms. The minimum absolute atomic E-state index is 0.0801. The molecule has 1 unspecified atom stereocenters. The Kier molecular flexibility index (Phi) is 5.03. The highest BCUT2D eigenvalue weighted by atomic mass is 35.5. The van der Waals surface area contributed by atoms with Gasteiger partial charge in [0.05, 0.1) is 30.8 Å². The number of nitrogens with zero attached hydrogens (tertiary/aromatic N) is 2. The lowest BCUT2D eigenvalue weighted by Gasteiger charge is -2.21. The molecular weight excluding hydrogens is 362 g/mol. The Bertz CT molecular complexity index is 851. The van der Waals surface area contributed by atoms with Crippen molar-refractivity contribution in [1.29, 1.82) is 0 Å². The van der Waals surface area contributed by atoms with Crippen molar-refractivity contribution in [2.75, 3.05) is 31.0 Å². The number of anilines is 2. The third-order valence-corrected chi connectivity index (χ3v) is 4.41. The number of benzene rings is 1. The molecule has 1 fully saturated rings. The predicted molar refractivity (Wildman–Crippen MR) is 94.9 cm³/mol. The van der Waals surface area contributed by atoms with E-state index in [1.807, 2.05) is 0 Å². The molecule has 0 saturated carbocycles. The molecular formula is C17H18ClN3O5. The average Bonchev–Trinajstić information content (AvgIpc) is 3.20. The summed E-state index contributed by atoms with van der Waals surface area (Å²) >= 11 is 6.11. The Morgan fingerprint density at radius 2 is 2.04 bits per heavy atom. The van der Waals surface area contributed by atoms with Gasteiger partial charge >= 0.3 is 0 Å². The first-order valence-corrected chi connectivity index (χ1v) is 8.26. The summed E-state index contributed by atoms with van der Waals surface area (Å²) in [5.41, 5.74) is 0.506. The fraction of sp³-hybridized carbons (Fsp3) is 0.353. The van der Waals surface area contributed by atoms with Crippen LogP contribution in [0.3, 0.4) is 0 Å². The summed E-state index contributed by atoms with van der Waals surface area (Å²) in [6.07, 6.45) is 0.0801. The van der Waals surface area contributed by atoms with Crippen molar-refractivity contribution >= 4 is 34.9 Å². The summed E-state index contributed by atoms with van der Waals surface area (Å²) in [4.78, 5) is 26.4. The second kappa shape index (κ2) is 7.25. The van der Waals surface area contributed by atoms with Gasteiger partial charge in [0, 0.05) is 31.2 Å². The van der Waals surface area contributed by atoms with E-state index in [1.54, 1.807) is 25.1 Å². The number of rotatable bonds is 5. The molecule has 1 N–H and O–H groups in total. The van der Waals surface area contributed by atoms with E-state index in [0.717, 1.165) is 0 Å². The summed E-state index contributed by atoms with van der Waals surface area (Å²) in [7, 11) is 2.97. The van der Waals surface area contributed by atoms with Crippen molar-refractivity contribution in [3.8, 4) is 11.5 Å². The third-order valence-electron chi connectivity index (χ3n) is 4.12. The van der Waals surface area contributed by atoms with Crippen LogP contribution in [0.5, 0.6) is 11.5 Å². The number of ether oxygens (including phenoxy) is 2. The minimum Gasteiger partial charge on any atom is -0.495 e. The number of aromatic nitrogens is 1. The summed E-state index contributed by atoms with van der Waals surface area (Å²) in [6.45, 7) is 1.94. The van der Waals surface area contributed by atoms with Crippen LogP contribution in [-0.4, -0.2) is 37.7 Å². The molecule has 2 amide bonds. The van der Waals surface area contributed by atoms with E-state index in [1.165, 1.54) is 19.1 Å². The normalized spacial score (nSPS) is 16.7. The van der Waals surface area contributed by atoms with Crippen LogP contribution in [-0.2, 0) is 9.59 Å². The first-order valence-electron chi connectivity index (χ1n) is 7.89. The highest BCUT2D eigenvalue weighted by Crippen LogP contribution is 2.40. The van der Waals surface area contributed by atoms with Crippen LogP contribution in [0, 0.1) is 12.8 Å². The molecule has 1 aliphatic heterocycles. The number of amides is 2. The van der Waals surface area contributed by atoms with E-state index >= 15 is 0 Å². The highest BCUT2D eigenvalue weighted by molar-refractivity contribution is 6.32. The number of carbonyl (C=O) groups excluding carboxylic acids is 2. The maximum Gasteiger partial charge on any atom is 0.231 e. The van der Waals surface area contributed by atoms with E-state index in [9.17, 15) is 9.59 Å². The van der Waals surface area contributed by atoms with E-state index in [-0.39, 0.29) is 24.8 Å². The second-order valence-electron chi connectivity index (χ2n) is 5.88. The Hall–Kier alpha value is -2.74. The SMILES string of the molecule is COc1cc(N2CC(C(=O)Nc3cc(C)on3)CC2=O)c(OC)cc1Cl. The van der Waals surface area contributed by atoms with Crippen molar-refractivity contribution in [3.05, 3.63) is 29.0 Å². The second-order valence-corrected chi connectivity index (χ2v) is 6.28. The van der Waals surface area contributed by atoms with Crippen molar-refractivity contribution < 1.29 is 23.6 Å². The molecule has 1 aliphatic rings. The van der Waals surface area contributed by atoms with E-state index in [2.05, 4.69) is 10.5 Å². The molecule has 26 heavy (non-hydrogen) atoms. The van der Waals surface area contributed by atoms with Gasteiger partial charge in [0.25, 0.3) is 0 Å². The zero-order valence-electron chi connectivity index (χ0n) is 14.5. The standard InChI is InChI=1S/C17H18ClN3O5/c1-9-4-15(20-26-9)19-17(23)10-5-16(22)21(8-10)12-7-13(24-2)11(18)6-14(12)25-3/h4,6-7,10H,5,8H2,1-3H3,(H,19,20,23). The smallest absolute Gasteiger partial charge is 0.231 e. The number of methoxy groups -OCH3 is 2. The van der Waals surface area contributed by atoms with Crippen molar-refractivity contribution in [3.63, 3.8) is 0 Å². The number of halogens is 1. The fourth-order valence-electron chi connectivity index (χ4n) is 2.82. The highest BCUT2D eigenvalue weighted by Gasteiger charge is 2.37. The molecule has 0 aliphatic carbocycles. The maximum atomic E-state index is 12.5. The molecule has 2 aromatic rings. The lowest BCUT2D eigenvalue weighted by molar-refractivity contribution is -0.122. The lowest BCUT2D eigenvalue weighted by Crippen LogP contribution is -2.28. The number of hydrogen-bond donors (Lipinski definition) is 1. The molecule has 1 atom stereocenters. The molecule has 2 heterocycles. The first-order chi connectivity index (χ1) is 12.4. The van der Waals surface area contributed by atoms with Gasteiger partial charge in [-0.3, -0.25) is 9.59 Å². The van der Waals surface area contributed by atoms with Crippen molar-refractivity contribution in [1.82, 2.24) is 5.16 Å². The molecule has 1 aromatic carbocycles. The number of aryl methyl sites for hydroxylation is 1. The van der Waals surface area contributed by atoms with Gasteiger partial charge in [0.1, 0.15) is 17.3 Å². The van der Waals surface area contributed by atoms with Crippen molar-refractivity contribution in [2.24, 2.45) is 5.92 Å². The molecule has 8 nitrogen and oxygen atoms in total. The lowest BCUT2D eigenvalue weighted by atomic mass is 10.1. The van der Waals surface area contributed by atoms with Crippen LogP contribution in [0.15, 0.2) is 22.7 Å². The molecule has 1 aromatic heterocycles. The first kappa shape index (κ1) is 18.1. The number of hydrogen-bond acceptors (Lipinski definition) is 6. The van der Waals surface area contributed by atoms with Crippen LogP contribution in [0.4, 0.5) is 11.5 Å². The van der Waals surface area contributed by atoms with E-state index in [0.29, 0.717) is 33.8 Å². The molecule has 3 rings (SSSR count). The van der Waals surface area contributed by atoms with Gasteiger partial charge in [-0.25, -0.2) is 0 Å². The van der Waals surface area contributed by atoms with Gasteiger partial charge in [-0.2, -0.15) is 0 Å². The minimum atomic E-state index is -0.522. The fourth-order valence-corrected chi connectivity index (χ4v) is 3.06. The van der Waals surface area contributed by atoms with E-state index < -0.39 is 5.92 Å². The van der Waals surface area contributed by atoms with Gasteiger partial charge in [-0.15, -0.1) is 0 Å². The summed E-state index contributed by atoms with van der Waals surface area (Å²) in [5.74, 6) is 0.745. The van der Waals surface area contributed by atoms with Crippen LogP contribution >= 0.6 is 11.6 Å². The van der Waals surface area contributed by atoms with E-state index in [4.69, 9.17) is 25.6 Å². The van der Waals surface area contributed by atoms with Crippen molar-refractivity contribution in [2.45, 2.75) is 13.3 Å². The summed E-state index contributed by atoms with van der Waals surface area (Å²) < 4.78 is 15.5. The monoisotopic (exact) mass is 379 g/mol. The van der Waals surface area contributed by atoms with Gasteiger partial charge in [-0.1, -0.05) is 16.8 Å². The average molecular weight is 380 g/mol.